The first kappa shape index (κ1) is 15.1. The van der Waals surface area contributed by atoms with E-state index in [4.69, 9.17) is 9.05 Å². The molecule has 0 aliphatic carbocycles. The summed E-state index contributed by atoms with van der Waals surface area (Å²) in [7, 11) is -3.42. The highest BCUT2D eigenvalue weighted by Gasteiger charge is 2.38. The quantitative estimate of drug-likeness (QED) is 0.723. The third-order valence-corrected chi connectivity index (χ3v) is 4.31. The molecule has 0 aromatic rings. The maximum Gasteiger partial charge on any atom is 0.359 e. The molecule has 92 valence electrons. The molecular weight excluding hydrogens is 215 g/mol. The van der Waals surface area contributed by atoms with Gasteiger partial charge in [-0.3, -0.25) is 4.57 Å². The smallest absolute Gasteiger partial charge is 0.359 e. The molecule has 0 saturated carbocycles. The van der Waals surface area contributed by atoms with Gasteiger partial charge in [0.2, 0.25) is 0 Å². The van der Waals surface area contributed by atoms with Crippen LogP contribution >= 0.6 is 7.60 Å². The van der Waals surface area contributed by atoms with E-state index in [1.165, 1.54) is 0 Å². The second kappa shape index (κ2) is 6.00. The molecule has 0 aromatic carbocycles. The van der Waals surface area contributed by atoms with E-state index in [0.717, 1.165) is 0 Å². The SMILES string of the molecule is CC(C)OP(=O)(OC(C)C)C(O)C(C)C. The third-order valence-electron chi connectivity index (χ3n) is 1.64. The van der Waals surface area contributed by atoms with Crippen LogP contribution in [0.5, 0.6) is 0 Å². The number of aliphatic hydroxyl groups is 1. The molecule has 1 unspecified atom stereocenters. The fourth-order valence-corrected chi connectivity index (χ4v) is 3.31. The van der Waals surface area contributed by atoms with Crippen LogP contribution in [-0.4, -0.2) is 23.2 Å². The van der Waals surface area contributed by atoms with E-state index < -0.39 is 13.4 Å². The molecule has 0 aliphatic heterocycles. The van der Waals surface area contributed by atoms with E-state index in [-0.39, 0.29) is 18.1 Å². The minimum atomic E-state index is -3.42. The second-order valence-corrected chi connectivity index (χ2v) is 6.54. The van der Waals surface area contributed by atoms with Crippen molar-refractivity contribution in [3.63, 3.8) is 0 Å². The highest BCUT2D eigenvalue weighted by Crippen LogP contribution is 2.56. The summed E-state index contributed by atoms with van der Waals surface area (Å²) >= 11 is 0. The van der Waals surface area contributed by atoms with Crippen LogP contribution in [0.25, 0.3) is 0 Å². The van der Waals surface area contributed by atoms with Crippen LogP contribution in [0.15, 0.2) is 0 Å². The molecule has 0 fully saturated rings. The normalized spacial score (nSPS) is 15.3. The number of hydrogen-bond donors (Lipinski definition) is 1. The lowest BCUT2D eigenvalue weighted by Gasteiger charge is -2.28. The van der Waals surface area contributed by atoms with Crippen molar-refractivity contribution in [2.45, 2.75) is 59.6 Å². The van der Waals surface area contributed by atoms with E-state index in [1.807, 2.05) is 0 Å². The van der Waals surface area contributed by atoms with Gasteiger partial charge in [0.25, 0.3) is 0 Å². The summed E-state index contributed by atoms with van der Waals surface area (Å²) in [6.07, 6.45) is -0.467. The van der Waals surface area contributed by atoms with E-state index in [1.54, 1.807) is 41.5 Å². The van der Waals surface area contributed by atoms with Crippen molar-refractivity contribution in [2.75, 3.05) is 0 Å². The Morgan fingerprint density at radius 2 is 1.27 bits per heavy atom. The van der Waals surface area contributed by atoms with E-state index >= 15 is 0 Å². The molecule has 0 bridgehead atoms. The lowest BCUT2D eigenvalue weighted by molar-refractivity contribution is 0.0856. The summed E-state index contributed by atoms with van der Waals surface area (Å²) in [5, 5.41) is 9.83. The fourth-order valence-electron chi connectivity index (χ4n) is 1.10. The standard InChI is InChI=1S/C10H23O4P/c1-7(2)10(11)15(12,13-8(3)4)14-9(5)6/h7-11H,1-6H3. The predicted molar refractivity (Wildman–Crippen MR) is 60.9 cm³/mol. The van der Waals surface area contributed by atoms with Crippen molar-refractivity contribution in [2.24, 2.45) is 5.92 Å². The van der Waals surface area contributed by atoms with Gasteiger partial charge >= 0.3 is 7.60 Å². The van der Waals surface area contributed by atoms with Crippen LogP contribution in [0, 0.1) is 5.92 Å². The lowest BCUT2D eigenvalue weighted by atomic mass is 10.2. The van der Waals surface area contributed by atoms with Gasteiger partial charge in [0.15, 0.2) is 5.85 Å². The Hall–Kier alpha value is 0.110. The molecule has 0 aromatic heterocycles. The summed E-state index contributed by atoms with van der Waals surface area (Å²) in [6, 6.07) is 0. The van der Waals surface area contributed by atoms with E-state index in [0.29, 0.717) is 0 Å². The minimum Gasteiger partial charge on any atom is -0.380 e. The summed E-state index contributed by atoms with van der Waals surface area (Å²) in [5.41, 5.74) is 0. The van der Waals surface area contributed by atoms with Gasteiger partial charge in [-0.25, -0.2) is 0 Å². The van der Waals surface area contributed by atoms with Gasteiger partial charge in [0.1, 0.15) is 0 Å². The fraction of sp³-hybridized carbons (Fsp3) is 1.00. The van der Waals surface area contributed by atoms with Crippen LogP contribution in [0.2, 0.25) is 0 Å². The Kier molecular flexibility index (Phi) is 6.04. The summed E-state index contributed by atoms with van der Waals surface area (Å²) in [5.74, 6) is -1.23. The Bertz CT molecular complexity index is 211. The zero-order chi connectivity index (χ0) is 12.2. The van der Waals surface area contributed by atoms with Crippen molar-refractivity contribution < 1.29 is 18.7 Å². The average Bonchev–Trinajstić information content (AvgIpc) is 1.99. The molecule has 0 rings (SSSR count). The predicted octanol–water partition coefficient (Wildman–Crippen LogP) is 3.00. The van der Waals surface area contributed by atoms with Crippen LogP contribution in [-0.2, 0) is 13.6 Å². The third kappa shape index (κ3) is 5.12. The minimum absolute atomic E-state index is 0.159. The van der Waals surface area contributed by atoms with E-state index in [2.05, 4.69) is 0 Å². The van der Waals surface area contributed by atoms with Crippen molar-refractivity contribution in [3.8, 4) is 0 Å². The monoisotopic (exact) mass is 238 g/mol. The first-order chi connectivity index (χ1) is 6.69. The summed E-state index contributed by atoms with van der Waals surface area (Å²) < 4.78 is 22.8. The van der Waals surface area contributed by atoms with Crippen molar-refractivity contribution in [3.05, 3.63) is 0 Å². The molecule has 5 heteroatoms. The maximum atomic E-state index is 12.3. The zero-order valence-electron chi connectivity index (χ0n) is 10.4. The molecule has 0 radical (unpaired) electrons. The first-order valence-corrected chi connectivity index (χ1v) is 6.94. The number of aliphatic hydroxyl groups excluding tert-OH is 1. The highest BCUT2D eigenvalue weighted by atomic mass is 31.2. The first-order valence-electron chi connectivity index (χ1n) is 5.33. The average molecular weight is 238 g/mol. The van der Waals surface area contributed by atoms with Crippen molar-refractivity contribution >= 4 is 7.60 Å². The van der Waals surface area contributed by atoms with Crippen LogP contribution in [0.3, 0.4) is 0 Å². The number of rotatable bonds is 6. The molecule has 0 amide bonds. The Morgan fingerprint density at radius 1 is 0.933 bits per heavy atom. The van der Waals surface area contributed by atoms with Gasteiger partial charge in [-0.05, 0) is 33.6 Å². The van der Waals surface area contributed by atoms with Gasteiger partial charge in [-0.2, -0.15) is 0 Å². The van der Waals surface area contributed by atoms with Gasteiger partial charge in [0.05, 0.1) is 12.2 Å². The Balaban J connectivity index is 4.77. The molecular formula is C10H23O4P. The van der Waals surface area contributed by atoms with E-state index in [9.17, 15) is 9.67 Å². The van der Waals surface area contributed by atoms with Crippen molar-refractivity contribution in [1.29, 1.82) is 0 Å². The lowest BCUT2D eigenvalue weighted by Crippen LogP contribution is -2.22. The number of hydrogen-bond acceptors (Lipinski definition) is 4. The summed E-state index contributed by atoms with van der Waals surface area (Å²) in [4.78, 5) is 0. The molecule has 4 nitrogen and oxygen atoms in total. The van der Waals surface area contributed by atoms with Gasteiger partial charge < -0.3 is 14.2 Å². The molecule has 1 atom stereocenters. The Labute approximate surface area is 92.5 Å². The molecule has 0 saturated heterocycles. The van der Waals surface area contributed by atoms with Gasteiger partial charge in [-0.15, -0.1) is 0 Å². The molecule has 0 aliphatic rings. The maximum absolute atomic E-state index is 12.3. The molecule has 0 heterocycles. The Morgan fingerprint density at radius 3 is 1.47 bits per heavy atom. The second-order valence-electron chi connectivity index (χ2n) is 4.51. The molecule has 1 N–H and O–H groups in total. The van der Waals surface area contributed by atoms with Gasteiger partial charge in [-0.1, -0.05) is 13.8 Å². The van der Waals surface area contributed by atoms with Crippen LogP contribution in [0.4, 0.5) is 0 Å². The largest absolute Gasteiger partial charge is 0.380 e. The highest BCUT2D eigenvalue weighted by molar-refractivity contribution is 7.54. The van der Waals surface area contributed by atoms with Crippen LogP contribution < -0.4 is 0 Å². The molecule has 15 heavy (non-hydrogen) atoms. The van der Waals surface area contributed by atoms with Gasteiger partial charge in [0, 0.05) is 0 Å². The topological polar surface area (TPSA) is 55.8 Å². The molecule has 0 spiro atoms. The zero-order valence-corrected chi connectivity index (χ0v) is 11.3. The van der Waals surface area contributed by atoms with Crippen LogP contribution in [0.1, 0.15) is 41.5 Å². The summed E-state index contributed by atoms with van der Waals surface area (Å²) in [6.45, 7) is 10.6. The van der Waals surface area contributed by atoms with Crippen molar-refractivity contribution in [1.82, 2.24) is 0 Å².